The van der Waals surface area contributed by atoms with Gasteiger partial charge < -0.3 is 14.2 Å². The topological polar surface area (TPSA) is 85.9 Å². The second-order valence-corrected chi connectivity index (χ2v) is 6.55. The van der Waals surface area contributed by atoms with Gasteiger partial charge >= 0.3 is 0 Å². The Hall–Kier alpha value is -2.74. The fourth-order valence-corrected chi connectivity index (χ4v) is 2.41. The van der Waals surface area contributed by atoms with Gasteiger partial charge in [-0.3, -0.25) is 20.4 Å². The highest BCUT2D eigenvalue weighted by molar-refractivity contribution is 9.10. The predicted octanol–water partition coefficient (Wildman–Crippen LogP) is 2.84. The average Bonchev–Trinajstić information content (AvgIpc) is 2.66. The van der Waals surface area contributed by atoms with Gasteiger partial charge in [0.2, 0.25) is 0 Å². The van der Waals surface area contributed by atoms with Crippen LogP contribution in [-0.4, -0.2) is 31.1 Å². The van der Waals surface area contributed by atoms with Crippen molar-refractivity contribution in [3.8, 4) is 17.2 Å². The smallest absolute Gasteiger partial charge is 0.279 e. The molecule has 0 heterocycles. The van der Waals surface area contributed by atoms with E-state index in [9.17, 15) is 9.59 Å². The van der Waals surface area contributed by atoms with Gasteiger partial charge in [-0.05, 0) is 56.3 Å². The monoisotopic (exact) mass is 436 g/mol. The van der Waals surface area contributed by atoms with Crippen LogP contribution in [0.4, 0.5) is 0 Å². The van der Waals surface area contributed by atoms with Crippen LogP contribution >= 0.6 is 15.9 Å². The molecule has 2 atom stereocenters. The molecule has 0 aliphatic carbocycles. The standard InChI is InChI=1S/C19H21BrN2O5/c1-12(26-16-9-7-15(25-3)8-10-16)18(23)21-22-19(24)13(2)27-17-6-4-5-14(20)11-17/h4-13H,1-3H3,(H,21,23)(H,22,24). The van der Waals surface area contributed by atoms with Crippen molar-refractivity contribution in [2.24, 2.45) is 0 Å². The molecule has 0 aromatic heterocycles. The number of hydrazine groups is 1. The number of carbonyl (C=O) groups excluding carboxylic acids is 2. The van der Waals surface area contributed by atoms with Crippen LogP contribution in [-0.2, 0) is 9.59 Å². The van der Waals surface area contributed by atoms with Crippen LogP contribution in [0.25, 0.3) is 0 Å². The van der Waals surface area contributed by atoms with Gasteiger partial charge in [-0.1, -0.05) is 22.0 Å². The van der Waals surface area contributed by atoms with Crippen molar-refractivity contribution in [3.05, 3.63) is 53.0 Å². The number of hydrogen-bond acceptors (Lipinski definition) is 5. The van der Waals surface area contributed by atoms with Crippen LogP contribution in [0, 0.1) is 0 Å². The van der Waals surface area contributed by atoms with Crippen molar-refractivity contribution in [2.75, 3.05) is 7.11 Å². The van der Waals surface area contributed by atoms with E-state index in [0.29, 0.717) is 17.2 Å². The molecule has 0 spiro atoms. The lowest BCUT2D eigenvalue weighted by Gasteiger charge is -2.18. The molecule has 0 aliphatic heterocycles. The average molecular weight is 437 g/mol. The zero-order valence-corrected chi connectivity index (χ0v) is 16.8. The highest BCUT2D eigenvalue weighted by atomic mass is 79.9. The number of nitrogens with one attached hydrogen (secondary N) is 2. The number of methoxy groups -OCH3 is 1. The highest BCUT2D eigenvalue weighted by Crippen LogP contribution is 2.19. The van der Waals surface area contributed by atoms with E-state index in [4.69, 9.17) is 14.2 Å². The van der Waals surface area contributed by atoms with Gasteiger partial charge in [0.25, 0.3) is 11.8 Å². The second kappa shape index (κ2) is 9.82. The molecule has 7 nitrogen and oxygen atoms in total. The maximum atomic E-state index is 12.1. The Morgan fingerprint density at radius 2 is 1.37 bits per heavy atom. The first-order valence-electron chi connectivity index (χ1n) is 8.21. The number of rotatable bonds is 7. The van der Waals surface area contributed by atoms with E-state index in [1.54, 1.807) is 63.4 Å². The van der Waals surface area contributed by atoms with Gasteiger partial charge in [0, 0.05) is 4.47 Å². The lowest BCUT2D eigenvalue weighted by atomic mass is 10.3. The number of hydrogen-bond donors (Lipinski definition) is 2. The van der Waals surface area contributed by atoms with Crippen molar-refractivity contribution in [2.45, 2.75) is 26.1 Å². The van der Waals surface area contributed by atoms with E-state index in [0.717, 1.165) is 4.47 Å². The molecular weight excluding hydrogens is 416 g/mol. The molecule has 0 fully saturated rings. The summed E-state index contributed by atoms with van der Waals surface area (Å²) >= 11 is 3.33. The Kier molecular flexibility index (Phi) is 7.48. The fourth-order valence-electron chi connectivity index (χ4n) is 2.04. The maximum absolute atomic E-state index is 12.1. The number of halogens is 1. The lowest BCUT2D eigenvalue weighted by Crippen LogP contribution is -2.50. The number of amides is 2. The summed E-state index contributed by atoms with van der Waals surface area (Å²) in [6.07, 6.45) is -1.60. The van der Waals surface area contributed by atoms with Crippen LogP contribution < -0.4 is 25.1 Å². The van der Waals surface area contributed by atoms with E-state index < -0.39 is 24.0 Å². The molecule has 0 saturated carbocycles. The quantitative estimate of drug-likeness (QED) is 0.651. The molecule has 0 saturated heterocycles. The predicted molar refractivity (Wildman–Crippen MR) is 104 cm³/mol. The third kappa shape index (κ3) is 6.49. The molecule has 2 aromatic rings. The maximum Gasteiger partial charge on any atom is 0.279 e. The lowest BCUT2D eigenvalue weighted by molar-refractivity contribution is -0.135. The molecule has 2 amide bonds. The molecule has 0 radical (unpaired) electrons. The first-order chi connectivity index (χ1) is 12.9. The molecule has 2 N–H and O–H groups in total. The third-order valence-electron chi connectivity index (χ3n) is 3.53. The summed E-state index contributed by atoms with van der Waals surface area (Å²) in [7, 11) is 1.57. The van der Waals surface area contributed by atoms with Gasteiger partial charge in [-0.15, -0.1) is 0 Å². The second-order valence-electron chi connectivity index (χ2n) is 5.63. The Bertz CT molecular complexity index is 782. The Morgan fingerprint density at radius 3 is 1.89 bits per heavy atom. The molecule has 2 aromatic carbocycles. The SMILES string of the molecule is COc1ccc(OC(C)C(=O)NNC(=O)C(C)Oc2cccc(Br)c2)cc1. The summed E-state index contributed by atoms with van der Waals surface area (Å²) in [6.45, 7) is 3.16. The van der Waals surface area contributed by atoms with Gasteiger partial charge in [0.15, 0.2) is 12.2 Å². The first kappa shape index (κ1) is 20.6. The molecule has 2 unspecified atom stereocenters. The van der Waals surface area contributed by atoms with Crippen LogP contribution in [0.1, 0.15) is 13.8 Å². The van der Waals surface area contributed by atoms with E-state index in [2.05, 4.69) is 26.8 Å². The molecule has 0 aliphatic rings. The fraction of sp³-hybridized carbons (Fsp3) is 0.263. The van der Waals surface area contributed by atoms with E-state index >= 15 is 0 Å². The molecular formula is C19H21BrN2O5. The summed E-state index contributed by atoms with van der Waals surface area (Å²) in [6, 6.07) is 14.0. The molecule has 8 heteroatoms. The van der Waals surface area contributed by atoms with Crippen LogP contribution in [0.15, 0.2) is 53.0 Å². The minimum absolute atomic E-state index is 0.486. The van der Waals surface area contributed by atoms with Gasteiger partial charge in [-0.25, -0.2) is 0 Å². The Morgan fingerprint density at radius 1 is 0.852 bits per heavy atom. The molecule has 27 heavy (non-hydrogen) atoms. The molecule has 144 valence electrons. The van der Waals surface area contributed by atoms with Crippen LogP contribution in [0.2, 0.25) is 0 Å². The molecule has 0 bridgehead atoms. The Balaban J connectivity index is 1.79. The first-order valence-corrected chi connectivity index (χ1v) is 9.01. The summed E-state index contributed by atoms with van der Waals surface area (Å²) in [5.74, 6) is 0.755. The van der Waals surface area contributed by atoms with E-state index in [1.807, 2.05) is 6.07 Å². The van der Waals surface area contributed by atoms with E-state index in [1.165, 1.54) is 0 Å². The summed E-state index contributed by atoms with van der Waals surface area (Å²) in [4.78, 5) is 24.1. The zero-order chi connectivity index (χ0) is 19.8. The third-order valence-corrected chi connectivity index (χ3v) is 4.02. The minimum atomic E-state index is -0.806. The van der Waals surface area contributed by atoms with Crippen molar-refractivity contribution in [1.29, 1.82) is 0 Å². The van der Waals surface area contributed by atoms with Crippen molar-refractivity contribution >= 4 is 27.7 Å². The van der Waals surface area contributed by atoms with Crippen molar-refractivity contribution < 1.29 is 23.8 Å². The van der Waals surface area contributed by atoms with Gasteiger partial charge in [0.1, 0.15) is 17.2 Å². The van der Waals surface area contributed by atoms with E-state index in [-0.39, 0.29) is 0 Å². The number of carbonyl (C=O) groups is 2. The van der Waals surface area contributed by atoms with Crippen molar-refractivity contribution in [1.82, 2.24) is 10.9 Å². The van der Waals surface area contributed by atoms with Gasteiger partial charge in [0.05, 0.1) is 7.11 Å². The van der Waals surface area contributed by atoms with Gasteiger partial charge in [-0.2, -0.15) is 0 Å². The zero-order valence-electron chi connectivity index (χ0n) is 15.2. The summed E-state index contributed by atoms with van der Waals surface area (Å²) in [5, 5.41) is 0. The van der Waals surface area contributed by atoms with Crippen LogP contribution in [0.5, 0.6) is 17.2 Å². The minimum Gasteiger partial charge on any atom is -0.497 e. The summed E-state index contributed by atoms with van der Waals surface area (Å²) in [5.41, 5.74) is 4.65. The Labute approximate surface area is 166 Å². The van der Waals surface area contributed by atoms with Crippen molar-refractivity contribution in [3.63, 3.8) is 0 Å². The summed E-state index contributed by atoms with van der Waals surface area (Å²) < 4.78 is 17.0. The number of ether oxygens (including phenoxy) is 3. The largest absolute Gasteiger partial charge is 0.497 e. The number of benzene rings is 2. The normalized spacial score (nSPS) is 12.4. The molecule has 2 rings (SSSR count). The highest BCUT2D eigenvalue weighted by Gasteiger charge is 2.19. The van der Waals surface area contributed by atoms with Crippen LogP contribution in [0.3, 0.4) is 0 Å².